The van der Waals surface area contributed by atoms with Gasteiger partial charge in [-0.05, 0) is 18.6 Å². The zero-order valence-electron chi connectivity index (χ0n) is 12.3. The van der Waals surface area contributed by atoms with Crippen LogP contribution < -0.4 is 5.32 Å². The van der Waals surface area contributed by atoms with E-state index in [0.717, 1.165) is 46.4 Å². The Morgan fingerprint density at radius 1 is 1.10 bits per heavy atom. The van der Waals surface area contributed by atoms with Crippen LogP contribution in [0, 0.1) is 0 Å². The van der Waals surface area contributed by atoms with Gasteiger partial charge in [0.25, 0.3) is 0 Å². The highest BCUT2D eigenvalue weighted by molar-refractivity contribution is 5.83. The highest BCUT2D eigenvalue weighted by Gasteiger charge is 2.12. The Morgan fingerprint density at radius 2 is 1.95 bits per heavy atom. The maximum absolute atomic E-state index is 4.53. The van der Waals surface area contributed by atoms with Crippen molar-refractivity contribution in [3.8, 4) is 11.3 Å². The molecule has 0 bridgehead atoms. The highest BCUT2D eigenvalue weighted by Crippen LogP contribution is 2.28. The predicted octanol–water partition coefficient (Wildman–Crippen LogP) is 3.69. The summed E-state index contributed by atoms with van der Waals surface area (Å²) in [5.74, 6) is 0.898. The van der Waals surface area contributed by atoms with Gasteiger partial charge in [0.1, 0.15) is 12.1 Å². The van der Waals surface area contributed by atoms with Crippen LogP contribution in [0.1, 0.15) is 18.9 Å². The fourth-order valence-electron chi connectivity index (χ4n) is 2.56. The Labute approximate surface area is 124 Å². The monoisotopic (exact) mass is 278 g/mol. The van der Waals surface area contributed by atoms with Gasteiger partial charge in [-0.25, -0.2) is 9.97 Å². The largest absolute Gasteiger partial charge is 0.373 e. The van der Waals surface area contributed by atoms with Crippen LogP contribution in [0.25, 0.3) is 22.2 Å². The maximum atomic E-state index is 4.53. The van der Waals surface area contributed by atoms with E-state index in [1.165, 1.54) is 0 Å². The summed E-state index contributed by atoms with van der Waals surface area (Å²) in [7, 11) is 1.89. The molecule has 4 heteroatoms. The molecule has 3 rings (SSSR count). The number of anilines is 1. The van der Waals surface area contributed by atoms with E-state index in [9.17, 15) is 0 Å². The number of aromatic nitrogens is 3. The van der Waals surface area contributed by atoms with E-state index in [4.69, 9.17) is 0 Å². The fourth-order valence-corrected chi connectivity index (χ4v) is 2.56. The van der Waals surface area contributed by atoms with E-state index in [2.05, 4.69) is 39.3 Å². The minimum atomic E-state index is 0.898. The van der Waals surface area contributed by atoms with Gasteiger partial charge >= 0.3 is 0 Å². The first-order valence-electron chi connectivity index (χ1n) is 7.20. The molecular weight excluding hydrogens is 260 g/mol. The lowest BCUT2D eigenvalue weighted by Gasteiger charge is -2.12. The van der Waals surface area contributed by atoms with Crippen LogP contribution >= 0.6 is 0 Å². The molecule has 106 valence electrons. The summed E-state index contributed by atoms with van der Waals surface area (Å²) in [6.45, 7) is 2.16. The Balaban J connectivity index is 2.17. The van der Waals surface area contributed by atoms with Gasteiger partial charge in [0.15, 0.2) is 0 Å². The molecule has 0 atom stereocenters. The molecule has 0 aliphatic rings. The molecule has 4 nitrogen and oxygen atoms in total. The molecule has 21 heavy (non-hydrogen) atoms. The number of hydrogen-bond acceptors (Lipinski definition) is 4. The number of nitrogens with one attached hydrogen (secondary N) is 1. The lowest BCUT2D eigenvalue weighted by Crippen LogP contribution is -2.03. The smallest absolute Gasteiger partial charge is 0.132 e. The molecule has 0 saturated heterocycles. The molecule has 0 spiro atoms. The van der Waals surface area contributed by atoms with Crippen LogP contribution in [0.3, 0.4) is 0 Å². The third kappa shape index (κ3) is 2.57. The van der Waals surface area contributed by atoms with Crippen LogP contribution in [-0.2, 0) is 6.42 Å². The van der Waals surface area contributed by atoms with E-state index in [0.29, 0.717) is 0 Å². The Kier molecular flexibility index (Phi) is 3.77. The van der Waals surface area contributed by atoms with Gasteiger partial charge in [-0.1, -0.05) is 31.5 Å². The van der Waals surface area contributed by atoms with Crippen molar-refractivity contribution in [1.82, 2.24) is 15.0 Å². The molecule has 0 unspecified atom stereocenters. The summed E-state index contributed by atoms with van der Waals surface area (Å²) in [5, 5.41) is 4.28. The molecule has 0 aliphatic carbocycles. The minimum absolute atomic E-state index is 0.898. The average molecular weight is 278 g/mol. The molecule has 2 heterocycles. The average Bonchev–Trinajstić information content (AvgIpc) is 2.55. The predicted molar refractivity (Wildman–Crippen MR) is 86.3 cm³/mol. The summed E-state index contributed by atoms with van der Waals surface area (Å²) >= 11 is 0. The second kappa shape index (κ2) is 5.87. The van der Waals surface area contributed by atoms with Crippen molar-refractivity contribution in [3.05, 3.63) is 48.4 Å². The summed E-state index contributed by atoms with van der Waals surface area (Å²) in [6, 6.07) is 10.3. The van der Waals surface area contributed by atoms with Crippen molar-refractivity contribution < 1.29 is 0 Å². The normalized spacial score (nSPS) is 10.8. The maximum Gasteiger partial charge on any atom is 0.132 e. The van der Waals surface area contributed by atoms with Crippen molar-refractivity contribution in [2.75, 3.05) is 12.4 Å². The summed E-state index contributed by atoms with van der Waals surface area (Å²) in [6.07, 6.45) is 5.49. The minimum Gasteiger partial charge on any atom is -0.373 e. The molecule has 2 aromatic heterocycles. The first-order chi connectivity index (χ1) is 10.3. The van der Waals surface area contributed by atoms with Crippen LogP contribution in [0.4, 0.5) is 5.82 Å². The van der Waals surface area contributed by atoms with Crippen LogP contribution in [0.15, 0.2) is 42.9 Å². The fraction of sp³-hybridized carbons (Fsp3) is 0.235. The standard InChI is InChI=1S/C17H18N4/c1-3-6-14-16(20-11-21-17(14)18-2)13-9-12-7-4-5-8-15(12)19-10-13/h4-5,7-11H,3,6H2,1-2H3,(H,18,20,21). The summed E-state index contributed by atoms with van der Waals surface area (Å²) in [5.41, 5.74) is 4.16. The number of nitrogens with zero attached hydrogens (tertiary/aromatic N) is 3. The van der Waals surface area contributed by atoms with E-state index in [1.54, 1.807) is 6.33 Å². The zero-order chi connectivity index (χ0) is 14.7. The van der Waals surface area contributed by atoms with Crippen molar-refractivity contribution in [1.29, 1.82) is 0 Å². The van der Waals surface area contributed by atoms with E-state index in [1.807, 2.05) is 31.4 Å². The molecule has 0 saturated carbocycles. The van der Waals surface area contributed by atoms with Crippen molar-refractivity contribution >= 4 is 16.7 Å². The molecule has 0 aliphatic heterocycles. The summed E-state index contributed by atoms with van der Waals surface area (Å²) in [4.78, 5) is 13.3. The number of hydrogen-bond donors (Lipinski definition) is 1. The molecule has 3 aromatic rings. The van der Waals surface area contributed by atoms with E-state index < -0.39 is 0 Å². The van der Waals surface area contributed by atoms with E-state index >= 15 is 0 Å². The van der Waals surface area contributed by atoms with Crippen molar-refractivity contribution in [2.24, 2.45) is 0 Å². The topological polar surface area (TPSA) is 50.7 Å². The third-order valence-corrected chi connectivity index (χ3v) is 3.55. The number of benzene rings is 1. The molecule has 1 N–H and O–H groups in total. The SMILES string of the molecule is CCCc1c(NC)ncnc1-c1cnc2ccccc2c1. The third-order valence-electron chi connectivity index (χ3n) is 3.55. The highest BCUT2D eigenvalue weighted by atomic mass is 15.0. The second-order valence-corrected chi connectivity index (χ2v) is 4.97. The first-order valence-corrected chi connectivity index (χ1v) is 7.20. The van der Waals surface area contributed by atoms with Crippen LogP contribution in [0.2, 0.25) is 0 Å². The van der Waals surface area contributed by atoms with Gasteiger partial charge in [0.05, 0.1) is 11.2 Å². The van der Waals surface area contributed by atoms with Crippen molar-refractivity contribution in [2.45, 2.75) is 19.8 Å². The molecule has 0 fully saturated rings. The lowest BCUT2D eigenvalue weighted by atomic mass is 10.0. The van der Waals surface area contributed by atoms with Crippen LogP contribution in [0.5, 0.6) is 0 Å². The molecule has 0 radical (unpaired) electrons. The van der Waals surface area contributed by atoms with Gasteiger partial charge in [-0.15, -0.1) is 0 Å². The van der Waals surface area contributed by atoms with Gasteiger partial charge in [0, 0.05) is 29.8 Å². The number of rotatable bonds is 4. The lowest BCUT2D eigenvalue weighted by molar-refractivity contribution is 0.905. The second-order valence-electron chi connectivity index (χ2n) is 4.97. The van der Waals surface area contributed by atoms with Crippen molar-refractivity contribution in [3.63, 3.8) is 0 Å². The molecular formula is C17H18N4. The molecule has 1 aromatic carbocycles. The zero-order valence-corrected chi connectivity index (χ0v) is 12.3. The Bertz CT molecular complexity index is 768. The van der Waals surface area contributed by atoms with Gasteiger partial charge in [-0.3, -0.25) is 4.98 Å². The van der Waals surface area contributed by atoms with Gasteiger partial charge in [-0.2, -0.15) is 0 Å². The van der Waals surface area contributed by atoms with Gasteiger partial charge in [0.2, 0.25) is 0 Å². The Morgan fingerprint density at radius 3 is 2.76 bits per heavy atom. The number of fused-ring (bicyclic) bond motifs is 1. The Hall–Kier alpha value is -2.49. The number of para-hydroxylation sites is 1. The molecule has 0 amide bonds. The number of pyridine rings is 1. The van der Waals surface area contributed by atoms with E-state index in [-0.39, 0.29) is 0 Å². The summed E-state index contributed by atoms with van der Waals surface area (Å²) < 4.78 is 0. The van der Waals surface area contributed by atoms with Crippen LogP contribution in [-0.4, -0.2) is 22.0 Å². The quantitative estimate of drug-likeness (QED) is 0.791. The first kappa shape index (κ1) is 13.5. The van der Waals surface area contributed by atoms with Gasteiger partial charge < -0.3 is 5.32 Å².